The lowest BCUT2D eigenvalue weighted by atomic mass is 9.98. The molecule has 164 valence electrons. The summed E-state index contributed by atoms with van der Waals surface area (Å²) in [5.74, 6) is 0.683. The number of rotatable bonds is 11. The van der Waals surface area contributed by atoms with Gasteiger partial charge in [-0.1, -0.05) is 50.8 Å². The fourth-order valence-electron chi connectivity index (χ4n) is 3.43. The van der Waals surface area contributed by atoms with E-state index in [2.05, 4.69) is 99.5 Å². The summed E-state index contributed by atoms with van der Waals surface area (Å²) in [7, 11) is 6.27. The molecule has 0 unspecified atom stereocenters. The average Bonchev–Trinajstić information content (AvgIpc) is 2.75. The minimum absolute atomic E-state index is 0.683. The second kappa shape index (κ2) is 11.9. The minimum Gasteiger partial charge on any atom is -0.380 e. The van der Waals surface area contributed by atoms with E-state index in [1.54, 1.807) is 6.08 Å². The Morgan fingerprint density at radius 3 is 2.48 bits per heavy atom. The third-order valence-electron chi connectivity index (χ3n) is 5.16. The van der Waals surface area contributed by atoms with Crippen LogP contribution in [0.3, 0.4) is 0 Å². The van der Waals surface area contributed by atoms with E-state index in [1.165, 1.54) is 11.3 Å². The monoisotopic (exact) mass is 415 g/mol. The van der Waals surface area contributed by atoms with Gasteiger partial charge in [-0.2, -0.15) is 0 Å². The highest BCUT2D eigenvalue weighted by atomic mass is 15.1. The van der Waals surface area contributed by atoms with Crippen LogP contribution in [0.5, 0.6) is 0 Å². The third kappa shape index (κ3) is 7.29. The maximum Gasteiger partial charge on any atom is 0.0397 e. The Labute approximate surface area is 189 Å². The molecule has 3 heteroatoms. The molecule has 0 aliphatic heterocycles. The van der Waals surface area contributed by atoms with Gasteiger partial charge in [-0.3, -0.25) is 4.98 Å². The van der Waals surface area contributed by atoms with E-state index < -0.39 is 0 Å². The molecular formula is C28H37N3. The molecule has 31 heavy (non-hydrogen) atoms. The Hall–Kier alpha value is -3.07. The summed E-state index contributed by atoms with van der Waals surface area (Å²) < 4.78 is 0. The predicted molar refractivity (Wildman–Crippen MR) is 137 cm³/mol. The van der Waals surface area contributed by atoms with Crippen molar-refractivity contribution in [3.63, 3.8) is 0 Å². The van der Waals surface area contributed by atoms with Crippen molar-refractivity contribution in [2.24, 2.45) is 5.92 Å². The molecule has 3 nitrogen and oxygen atoms in total. The van der Waals surface area contributed by atoms with Crippen LogP contribution >= 0.6 is 0 Å². The highest BCUT2D eigenvalue weighted by Crippen LogP contribution is 2.29. The lowest BCUT2D eigenvalue weighted by Crippen LogP contribution is -2.14. The molecule has 0 amide bonds. The molecule has 1 heterocycles. The SMILES string of the molecule is C=C/C=C\C(=C/N(C)CCC(C)C)c1cncc(-c2ccc(N(C)C)c(CC=C)c2)c1. The fourth-order valence-corrected chi connectivity index (χ4v) is 3.43. The molecule has 2 rings (SSSR count). The molecule has 1 aromatic heterocycles. The van der Waals surface area contributed by atoms with Crippen LogP contribution in [0.1, 0.15) is 31.4 Å². The second-order valence-corrected chi connectivity index (χ2v) is 8.54. The van der Waals surface area contributed by atoms with Crippen LogP contribution in [0.2, 0.25) is 0 Å². The van der Waals surface area contributed by atoms with Crippen molar-refractivity contribution in [3.05, 3.63) is 91.4 Å². The van der Waals surface area contributed by atoms with Crippen LogP contribution in [0.15, 0.2) is 80.3 Å². The van der Waals surface area contributed by atoms with Crippen molar-refractivity contribution >= 4 is 11.3 Å². The Kier molecular flexibility index (Phi) is 9.33. The quantitative estimate of drug-likeness (QED) is 0.304. The zero-order valence-electron chi connectivity index (χ0n) is 19.8. The zero-order chi connectivity index (χ0) is 22.8. The molecule has 0 spiro atoms. The van der Waals surface area contributed by atoms with E-state index in [1.807, 2.05) is 24.5 Å². The molecule has 0 N–H and O–H groups in total. The van der Waals surface area contributed by atoms with E-state index in [9.17, 15) is 0 Å². The number of benzene rings is 1. The molecule has 0 saturated carbocycles. The van der Waals surface area contributed by atoms with E-state index in [-0.39, 0.29) is 0 Å². The van der Waals surface area contributed by atoms with Crippen LogP contribution < -0.4 is 4.90 Å². The summed E-state index contributed by atoms with van der Waals surface area (Å²) in [6, 6.07) is 8.80. The van der Waals surface area contributed by atoms with Crippen molar-refractivity contribution in [1.29, 1.82) is 0 Å². The van der Waals surface area contributed by atoms with Gasteiger partial charge in [-0.25, -0.2) is 0 Å². The van der Waals surface area contributed by atoms with Crippen molar-refractivity contribution in [3.8, 4) is 11.1 Å². The Balaban J connectivity index is 2.43. The van der Waals surface area contributed by atoms with Gasteiger partial charge in [0.15, 0.2) is 0 Å². The van der Waals surface area contributed by atoms with Gasteiger partial charge < -0.3 is 9.80 Å². The van der Waals surface area contributed by atoms with Crippen molar-refractivity contribution in [1.82, 2.24) is 9.88 Å². The number of aromatic nitrogens is 1. The number of nitrogens with zero attached hydrogens (tertiary/aromatic N) is 3. The van der Waals surface area contributed by atoms with Crippen molar-refractivity contribution in [2.75, 3.05) is 32.6 Å². The molecule has 2 aromatic rings. The first-order valence-electron chi connectivity index (χ1n) is 10.9. The standard InChI is InChI=1S/C28H37N3/c1-8-10-12-25(21-31(7)16-15-22(3)4)27-18-26(19-29-20-27)23-13-14-28(30(5)6)24(17-23)11-9-2/h8-10,12-14,17-22H,1-2,11,15-16H2,3-7H3/b12-10-,25-21+. The summed E-state index contributed by atoms with van der Waals surface area (Å²) in [4.78, 5) is 8.95. The lowest BCUT2D eigenvalue weighted by Gasteiger charge is -2.19. The number of anilines is 1. The summed E-state index contributed by atoms with van der Waals surface area (Å²) in [5.41, 5.74) is 6.96. The molecule has 0 aliphatic rings. The summed E-state index contributed by atoms with van der Waals surface area (Å²) >= 11 is 0. The Morgan fingerprint density at radius 1 is 1.06 bits per heavy atom. The Bertz CT molecular complexity index is 935. The number of allylic oxidation sites excluding steroid dienone is 5. The molecular weight excluding hydrogens is 378 g/mol. The third-order valence-corrected chi connectivity index (χ3v) is 5.16. The van der Waals surface area contributed by atoms with Gasteiger partial charge in [0.05, 0.1) is 0 Å². The van der Waals surface area contributed by atoms with E-state index in [0.717, 1.165) is 41.6 Å². The number of hydrogen-bond donors (Lipinski definition) is 0. The second-order valence-electron chi connectivity index (χ2n) is 8.54. The van der Waals surface area contributed by atoms with Crippen molar-refractivity contribution < 1.29 is 0 Å². The molecule has 1 aromatic carbocycles. The summed E-state index contributed by atoms with van der Waals surface area (Å²) in [6.45, 7) is 13.3. The first-order chi connectivity index (χ1) is 14.8. The molecule has 0 bridgehead atoms. The largest absolute Gasteiger partial charge is 0.380 e. The van der Waals surface area contributed by atoms with E-state index in [0.29, 0.717) is 5.92 Å². The molecule has 0 aliphatic carbocycles. The average molecular weight is 416 g/mol. The van der Waals surface area contributed by atoms with Gasteiger partial charge in [0.1, 0.15) is 0 Å². The smallest absolute Gasteiger partial charge is 0.0397 e. The van der Waals surface area contributed by atoms with Crippen LogP contribution in [0.4, 0.5) is 5.69 Å². The van der Waals surface area contributed by atoms with Gasteiger partial charge in [0, 0.05) is 63.1 Å². The van der Waals surface area contributed by atoms with Crippen LogP contribution in [0.25, 0.3) is 16.7 Å². The topological polar surface area (TPSA) is 19.4 Å². The first kappa shape index (κ1) is 24.2. The molecule has 0 atom stereocenters. The predicted octanol–water partition coefficient (Wildman–Crippen LogP) is 6.60. The fraction of sp³-hybridized carbons (Fsp3) is 0.321. The van der Waals surface area contributed by atoms with Gasteiger partial charge in [-0.15, -0.1) is 6.58 Å². The van der Waals surface area contributed by atoms with Crippen LogP contribution in [-0.4, -0.2) is 37.6 Å². The van der Waals surface area contributed by atoms with Gasteiger partial charge in [0.2, 0.25) is 0 Å². The lowest BCUT2D eigenvalue weighted by molar-refractivity contribution is 0.405. The van der Waals surface area contributed by atoms with E-state index in [4.69, 9.17) is 0 Å². The highest BCUT2D eigenvalue weighted by molar-refractivity contribution is 5.78. The Morgan fingerprint density at radius 2 is 1.84 bits per heavy atom. The number of pyridine rings is 1. The van der Waals surface area contributed by atoms with Crippen molar-refractivity contribution in [2.45, 2.75) is 26.7 Å². The highest BCUT2D eigenvalue weighted by Gasteiger charge is 2.09. The van der Waals surface area contributed by atoms with Gasteiger partial charge in [-0.05, 0) is 53.7 Å². The normalized spacial score (nSPS) is 11.7. The summed E-state index contributed by atoms with van der Waals surface area (Å²) in [5, 5.41) is 0. The van der Waals surface area contributed by atoms with Crippen LogP contribution in [0, 0.1) is 5.92 Å². The molecule has 0 fully saturated rings. The van der Waals surface area contributed by atoms with Crippen LogP contribution in [-0.2, 0) is 6.42 Å². The molecule has 0 saturated heterocycles. The van der Waals surface area contributed by atoms with Gasteiger partial charge >= 0.3 is 0 Å². The van der Waals surface area contributed by atoms with E-state index >= 15 is 0 Å². The molecule has 0 radical (unpaired) electrons. The number of hydrogen-bond acceptors (Lipinski definition) is 3. The minimum atomic E-state index is 0.683. The first-order valence-corrected chi connectivity index (χ1v) is 10.9. The maximum atomic E-state index is 4.56. The maximum absolute atomic E-state index is 4.56. The zero-order valence-corrected chi connectivity index (χ0v) is 19.8. The summed E-state index contributed by atoms with van der Waals surface area (Å²) in [6.07, 6.45) is 15.9. The van der Waals surface area contributed by atoms with Gasteiger partial charge in [0.25, 0.3) is 0 Å².